The van der Waals surface area contributed by atoms with Gasteiger partial charge in [-0.3, -0.25) is 4.79 Å². The Morgan fingerprint density at radius 1 is 1.45 bits per heavy atom. The van der Waals surface area contributed by atoms with Crippen LogP contribution in [0.5, 0.6) is 0 Å². The van der Waals surface area contributed by atoms with E-state index in [0.717, 1.165) is 5.56 Å². The van der Waals surface area contributed by atoms with E-state index in [1.807, 2.05) is 39.0 Å². The Hall–Kier alpha value is -1.83. The molecule has 4 nitrogen and oxygen atoms in total. The van der Waals surface area contributed by atoms with Crippen LogP contribution in [-0.4, -0.2) is 31.7 Å². The highest BCUT2D eigenvalue weighted by Gasteiger charge is 2.19. The molecule has 1 rings (SSSR count). The molecule has 20 heavy (non-hydrogen) atoms. The molecule has 1 aromatic rings. The number of rotatable bonds is 4. The molecule has 0 aliphatic rings. The predicted molar refractivity (Wildman–Crippen MR) is 80.5 cm³/mol. The summed E-state index contributed by atoms with van der Waals surface area (Å²) in [4.78, 5) is 12.3. The van der Waals surface area contributed by atoms with E-state index in [1.54, 1.807) is 7.11 Å². The van der Waals surface area contributed by atoms with Crippen LogP contribution >= 0.6 is 0 Å². The summed E-state index contributed by atoms with van der Waals surface area (Å²) in [5.74, 6) is 5.55. The fraction of sp³-hybridized carbons (Fsp3) is 0.438. The highest BCUT2D eigenvalue weighted by molar-refractivity contribution is 5.97. The van der Waals surface area contributed by atoms with Crippen molar-refractivity contribution in [3.05, 3.63) is 34.9 Å². The van der Waals surface area contributed by atoms with Crippen LogP contribution < -0.4 is 11.1 Å². The monoisotopic (exact) mass is 274 g/mol. The second-order valence-corrected chi connectivity index (χ2v) is 5.20. The van der Waals surface area contributed by atoms with Gasteiger partial charge < -0.3 is 15.8 Å². The van der Waals surface area contributed by atoms with E-state index in [4.69, 9.17) is 10.5 Å². The fourth-order valence-electron chi connectivity index (χ4n) is 1.56. The Labute approximate surface area is 120 Å². The first kappa shape index (κ1) is 16.2. The van der Waals surface area contributed by atoms with Gasteiger partial charge in [-0.1, -0.05) is 23.5 Å². The third kappa shape index (κ3) is 4.69. The van der Waals surface area contributed by atoms with Gasteiger partial charge in [0.25, 0.3) is 5.91 Å². The van der Waals surface area contributed by atoms with Crippen molar-refractivity contribution in [2.24, 2.45) is 5.73 Å². The number of hydrogen-bond acceptors (Lipinski definition) is 3. The topological polar surface area (TPSA) is 64.3 Å². The van der Waals surface area contributed by atoms with Crippen LogP contribution in [0.25, 0.3) is 0 Å². The number of aryl methyl sites for hydroxylation is 1. The Morgan fingerprint density at radius 2 is 2.15 bits per heavy atom. The van der Waals surface area contributed by atoms with Crippen molar-refractivity contribution in [1.29, 1.82) is 0 Å². The molecule has 0 aliphatic carbocycles. The van der Waals surface area contributed by atoms with Crippen LogP contribution in [0.4, 0.5) is 0 Å². The SMILES string of the molecule is COC(C)(C)CNC(=O)c1cc(C)ccc1C#CCN. The summed E-state index contributed by atoms with van der Waals surface area (Å²) in [6, 6.07) is 5.60. The zero-order chi connectivity index (χ0) is 15.2. The molecule has 1 aromatic carbocycles. The minimum Gasteiger partial charge on any atom is -0.377 e. The molecule has 0 fully saturated rings. The molecule has 1 amide bonds. The summed E-state index contributed by atoms with van der Waals surface area (Å²) < 4.78 is 5.28. The maximum absolute atomic E-state index is 12.3. The molecule has 0 unspecified atom stereocenters. The standard InChI is InChI=1S/C16H22N2O2/c1-12-7-8-13(6-5-9-17)14(10-12)15(19)18-11-16(2,3)20-4/h7-8,10H,9,11,17H2,1-4H3,(H,18,19). The molecule has 108 valence electrons. The van der Waals surface area contributed by atoms with Gasteiger partial charge in [0.15, 0.2) is 0 Å². The van der Waals surface area contributed by atoms with E-state index in [9.17, 15) is 4.79 Å². The van der Waals surface area contributed by atoms with Gasteiger partial charge in [-0.2, -0.15) is 0 Å². The molecule has 0 spiro atoms. The quantitative estimate of drug-likeness (QED) is 0.817. The van der Waals surface area contributed by atoms with Crippen molar-refractivity contribution in [3.63, 3.8) is 0 Å². The summed E-state index contributed by atoms with van der Waals surface area (Å²) >= 11 is 0. The predicted octanol–water partition coefficient (Wildman–Crippen LogP) is 1.46. The molecule has 0 bridgehead atoms. The molecule has 0 radical (unpaired) electrons. The Bertz CT molecular complexity index is 539. The minimum atomic E-state index is -0.400. The number of ether oxygens (including phenoxy) is 1. The maximum Gasteiger partial charge on any atom is 0.252 e. The first-order chi connectivity index (χ1) is 9.39. The number of hydrogen-bond donors (Lipinski definition) is 2. The summed E-state index contributed by atoms with van der Waals surface area (Å²) in [5.41, 5.74) is 7.24. The molecule has 0 atom stereocenters. The molecule has 0 aliphatic heterocycles. The van der Waals surface area contributed by atoms with E-state index < -0.39 is 5.60 Å². The van der Waals surface area contributed by atoms with E-state index in [2.05, 4.69) is 17.2 Å². The van der Waals surface area contributed by atoms with Gasteiger partial charge in [-0.25, -0.2) is 0 Å². The number of amides is 1. The van der Waals surface area contributed by atoms with E-state index in [-0.39, 0.29) is 12.5 Å². The number of carbonyl (C=O) groups excluding carboxylic acids is 1. The molecule has 0 saturated carbocycles. The first-order valence-electron chi connectivity index (χ1n) is 6.52. The second kappa shape index (κ2) is 7.09. The lowest BCUT2D eigenvalue weighted by Gasteiger charge is -2.23. The smallest absolute Gasteiger partial charge is 0.252 e. The minimum absolute atomic E-state index is 0.153. The van der Waals surface area contributed by atoms with Crippen LogP contribution in [-0.2, 0) is 4.74 Å². The number of carbonyl (C=O) groups is 1. The number of nitrogens with one attached hydrogen (secondary N) is 1. The normalized spacial score (nSPS) is 10.7. The van der Waals surface area contributed by atoms with E-state index in [0.29, 0.717) is 17.7 Å². The number of nitrogens with two attached hydrogens (primary N) is 1. The van der Waals surface area contributed by atoms with Crippen LogP contribution in [0.1, 0.15) is 35.3 Å². The molecule has 0 aromatic heterocycles. The van der Waals surface area contributed by atoms with Crippen molar-refractivity contribution in [2.75, 3.05) is 20.2 Å². The molecule has 0 saturated heterocycles. The van der Waals surface area contributed by atoms with Crippen molar-refractivity contribution in [2.45, 2.75) is 26.4 Å². The highest BCUT2D eigenvalue weighted by atomic mass is 16.5. The van der Waals surface area contributed by atoms with Gasteiger partial charge in [0, 0.05) is 19.2 Å². The molecule has 3 N–H and O–H groups in total. The third-order valence-electron chi connectivity index (χ3n) is 2.97. The molecule has 4 heteroatoms. The van der Waals surface area contributed by atoms with Gasteiger partial charge in [0.2, 0.25) is 0 Å². The van der Waals surface area contributed by atoms with Crippen molar-refractivity contribution < 1.29 is 9.53 Å². The average Bonchev–Trinajstić information content (AvgIpc) is 2.43. The lowest BCUT2D eigenvalue weighted by atomic mass is 10.0. The summed E-state index contributed by atoms with van der Waals surface area (Å²) in [6.07, 6.45) is 0. The first-order valence-corrected chi connectivity index (χ1v) is 6.52. The van der Waals surface area contributed by atoms with Gasteiger partial charge in [-0.15, -0.1) is 0 Å². The Balaban J connectivity index is 2.94. The summed E-state index contributed by atoms with van der Waals surface area (Å²) in [7, 11) is 1.62. The van der Waals surface area contributed by atoms with Gasteiger partial charge >= 0.3 is 0 Å². The zero-order valence-corrected chi connectivity index (χ0v) is 12.5. The number of benzene rings is 1. The summed E-state index contributed by atoms with van der Waals surface area (Å²) in [5, 5.41) is 2.87. The Morgan fingerprint density at radius 3 is 2.75 bits per heavy atom. The van der Waals surface area contributed by atoms with Crippen LogP contribution in [0, 0.1) is 18.8 Å². The summed E-state index contributed by atoms with van der Waals surface area (Å²) in [6.45, 7) is 6.47. The largest absolute Gasteiger partial charge is 0.377 e. The van der Waals surface area contributed by atoms with Crippen LogP contribution in [0.3, 0.4) is 0 Å². The van der Waals surface area contributed by atoms with Crippen molar-refractivity contribution in [1.82, 2.24) is 5.32 Å². The lowest BCUT2D eigenvalue weighted by molar-refractivity contribution is 0.0228. The van der Waals surface area contributed by atoms with Crippen LogP contribution in [0.15, 0.2) is 18.2 Å². The van der Waals surface area contributed by atoms with Crippen LogP contribution in [0.2, 0.25) is 0 Å². The lowest BCUT2D eigenvalue weighted by Crippen LogP contribution is -2.39. The van der Waals surface area contributed by atoms with Gasteiger partial charge in [-0.05, 0) is 32.9 Å². The third-order valence-corrected chi connectivity index (χ3v) is 2.97. The van der Waals surface area contributed by atoms with Gasteiger partial charge in [0.1, 0.15) is 0 Å². The van der Waals surface area contributed by atoms with Crippen molar-refractivity contribution >= 4 is 5.91 Å². The molecular formula is C16H22N2O2. The Kier molecular flexibility index (Phi) is 5.75. The molecular weight excluding hydrogens is 252 g/mol. The van der Waals surface area contributed by atoms with E-state index >= 15 is 0 Å². The molecule has 0 heterocycles. The van der Waals surface area contributed by atoms with Crippen molar-refractivity contribution in [3.8, 4) is 11.8 Å². The highest BCUT2D eigenvalue weighted by Crippen LogP contribution is 2.12. The van der Waals surface area contributed by atoms with Gasteiger partial charge in [0.05, 0.1) is 17.7 Å². The van der Waals surface area contributed by atoms with E-state index in [1.165, 1.54) is 0 Å². The maximum atomic E-state index is 12.3. The average molecular weight is 274 g/mol. The number of methoxy groups -OCH3 is 1. The second-order valence-electron chi connectivity index (χ2n) is 5.20. The zero-order valence-electron chi connectivity index (χ0n) is 12.5. The fourth-order valence-corrected chi connectivity index (χ4v) is 1.56.